The van der Waals surface area contributed by atoms with E-state index in [1.807, 2.05) is 6.92 Å². The zero-order chi connectivity index (χ0) is 22.1. The van der Waals surface area contributed by atoms with Gasteiger partial charge in [-0.2, -0.15) is 0 Å². The van der Waals surface area contributed by atoms with E-state index in [1.54, 1.807) is 24.3 Å². The van der Waals surface area contributed by atoms with E-state index in [0.29, 0.717) is 53.4 Å². The fourth-order valence-corrected chi connectivity index (χ4v) is 4.82. The van der Waals surface area contributed by atoms with E-state index < -0.39 is 17.9 Å². The van der Waals surface area contributed by atoms with Gasteiger partial charge < -0.3 is 11.1 Å². The van der Waals surface area contributed by atoms with Crippen LogP contribution in [0.3, 0.4) is 0 Å². The summed E-state index contributed by atoms with van der Waals surface area (Å²) in [5, 5.41) is 6.41. The second-order valence-electron chi connectivity index (χ2n) is 7.56. The first-order chi connectivity index (χ1) is 14.9. The van der Waals surface area contributed by atoms with Crippen molar-refractivity contribution in [1.82, 2.24) is 20.3 Å². The lowest BCUT2D eigenvalue weighted by Gasteiger charge is -2.28. The van der Waals surface area contributed by atoms with E-state index in [9.17, 15) is 19.2 Å². The average molecular weight is 442 g/mol. The van der Waals surface area contributed by atoms with E-state index in [-0.39, 0.29) is 17.7 Å². The highest BCUT2D eigenvalue weighted by Gasteiger charge is 2.42. The van der Waals surface area contributed by atoms with Crippen LogP contribution < -0.4 is 11.1 Å². The molecule has 2 atom stereocenters. The van der Waals surface area contributed by atoms with Gasteiger partial charge in [0.2, 0.25) is 5.91 Å². The second kappa shape index (κ2) is 8.46. The van der Waals surface area contributed by atoms with Gasteiger partial charge in [0.05, 0.1) is 11.2 Å². The van der Waals surface area contributed by atoms with Crippen molar-refractivity contribution in [2.75, 3.05) is 13.1 Å². The van der Waals surface area contributed by atoms with Crippen LogP contribution in [0, 0.1) is 5.92 Å². The zero-order valence-electron chi connectivity index (χ0n) is 17.0. The highest BCUT2D eigenvalue weighted by Crippen LogP contribution is 2.30. The Morgan fingerprint density at radius 2 is 2.00 bits per heavy atom. The van der Waals surface area contributed by atoms with Crippen molar-refractivity contribution < 1.29 is 19.2 Å². The van der Waals surface area contributed by atoms with E-state index in [4.69, 9.17) is 5.73 Å². The molecule has 4 amide bonds. The molecule has 10 heteroatoms. The molecule has 2 aromatic rings. The smallest absolute Gasteiger partial charge is 0.272 e. The summed E-state index contributed by atoms with van der Waals surface area (Å²) < 4.78 is 0. The van der Waals surface area contributed by atoms with Crippen LogP contribution in [-0.2, 0) is 16.0 Å². The van der Waals surface area contributed by atoms with Crippen LogP contribution in [0.25, 0.3) is 0 Å². The van der Waals surface area contributed by atoms with E-state index in [0.717, 1.165) is 11.3 Å². The largest absolute Gasteiger partial charge is 0.365 e. The molecule has 31 heavy (non-hydrogen) atoms. The number of aromatic nitrogens is 1. The molecule has 1 fully saturated rings. The number of hydrazine groups is 1. The molecule has 0 spiro atoms. The third-order valence-electron chi connectivity index (χ3n) is 5.64. The summed E-state index contributed by atoms with van der Waals surface area (Å²) in [6.07, 6.45) is 2.96. The average Bonchev–Trinajstić information content (AvgIpc) is 3.43. The number of amides is 4. The van der Waals surface area contributed by atoms with Gasteiger partial charge in [0.1, 0.15) is 10.9 Å². The van der Waals surface area contributed by atoms with Crippen LogP contribution in [0.4, 0.5) is 0 Å². The van der Waals surface area contributed by atoms with Crippen LogP contribution in [0.5, 0.6) is 0 Å². The number of primary amides is 1. The Balaban J connectivity index is 1.59. The molecule has 9 nitrogen and oxygen atoms in total. The fraction of sp³-hybridized carbons (Fsp3) is 0.381. The Hall–Kier alpha value is -3.27. The third kappa shape index (κ3) is 3.90. The second-order valence-corrected chi connectivity index (χ2v) is 8.68. The van der Waals surface area contributed by atoms with Crippen molar-refractivity contribution in [2.24, 2.45) is 11.7 Å². The maximum atomic E-state index is 13.3. The lowest BCUT2D eigenvalue weighted by atomic mass is 9.97. The predicted molar refractivity (Wildman–Crippen MR) is 113 cm³/mol. The van der Waals surface area contributed by atoms with Crippen molar-refractivity contribution in [3.05, 3.63) is 51.5 Å². The quantitative estimate of drug-likeness (QED) is 0.698. The Kier molecular flexibility index (Phi) is 5.73. The van der Waals surface area contributed by atoms with E-state index >= 15 is 0 Å². The summed E-state index contributed by atoms with van der Waals surface area (Å²) in [7, 11) is 0. The van der Waals surface area contributed by atoms with Gasteiger partial charge in [-0.15, -0.1) is 11.3 Å². The highest BCUT2D eigenvalue weighted by molar-refractivity contribution is 7.13. The first kappa shape index (κ1) is 21.0. The number of hydrogen-bond donors (Lipinski definition) is 2. The van der Waals surface area contributed by atoms with Gasteiger partial charge in [0.15, 0.2) is 0 Å². The van der Waals surface area contributed by atoms with Crippen molar-refractivity contribution >= 4 is 35.0 Å². The van der Waals surface area contributed by atoms with Gasteiger partial charge in [-0.05, 0) is 24.5 Å². The molecule has 4 rings (SSSR count). The fourth-order valence-electron chi connectivity index (χ4n) is 3.97. The van der Waals surface area contributed by atoms with Crippen molar-refractivity contribution in [2.45, 2.75) is 32.2 Å². The number of benzene rings is 1. The van der Waals surface area contributed by atoms with Crippen molar-refractivity contribution in [3.63, 3.8) is 0 Å². The van der Waals surface area contributed by atoms with Gasteiger partial charge >= 0.3 is 0 Å². The number of hydrogen-bond acceptors (Lipinski definition) is 6. The standard InChI is InChI=1S/C21H23N5O4S/c1-2-12(10-16-23-11-15(31-16)18(22)27)19(28)24-17-13-6-3-4-7-14(13)20(29)25-8-5-9-26(25)21(17)30/h3-4,6-7,11-12,17H,2,5,8-10H2,1H3,(H2,22,27)(H,24,28)/t12-,17+/m1/s1. The molecular weight excluding hydrogens is 418 g/mol. The molecular formula is C21H23N5O4S. The lowest BCUT2D eigenvalue weighted by Crippen LogP contribution is -2.48. The molecule has 3 heterocycles. The molecule has 2 aliphatic rings. The molecule has 1 aromatic heterocycles. The Morgan fingerprint density at radius 1 is 1.26 bits per heavy atom. The van der Waals surface area contributed by atoms with E-state index in [2.05, 4.69) is 10.3 Å². The molecule has 162 valence electrons. The van der Waals surface area contributed by atoms with Gasteiger partial charge in [-0.1, -0.05) is 25.1 Å². The normalized spacial score (nSPS) is 18.9. The van der Waals surface area contributed by atoms with Gasteiger partial charge in [0.25, 0.3) is 17.7 Å². The molecule has 0 bridgehead atoms. The molecule has 0 aliphatic carbocycles. The number of fused-ring (bicyclic) bond motifs is 2. The van der Waals surface area contributed by atoms with Crippen molar-refractivity contribution in [3.8, 4) is 0 Å². The molecule has 2 aliphatic heterocycles. The van der Waals surface area contributed by atoms with Crippen LogP contribution in [0.1, 0.15) is 56.4 Å². The minimum atomic E-state index is -0.942. The molecule has 3 N–H and O–H groups in total. The third-order valence-corrected chi connectivity index (χ3v) is 6.67. The first-order valence-electron chi connectivity index (χ1n) is 10.2. The first-order valence-corrected chi connectivity index (χ1v) is 11.0. The summed E-state index contributed by atoms with van der Waals surface area (Å²) in [5.41, 5.74) is 6.20. The molecule has 1 aromatic carbocycles. The maximum absolute atomic E-state index is 13.3. The number of rotatable bonds is 6. The Morgan fingerprint density at radius 3 is 2.71 bits per heavy atom. The SMILES string of the molecule is CC[C@H](Cc1ncc(C(N)=O)s1)C(=O)N[C@@H]1C(=O)N2CCCN2C(=O)c2ccccc21. The minimum absolute atomic E-state index is 0.230. The van der Waals surface area contributed by atoms with Crippen LogP contribution >= 0.6 is 11.3 Å². The van der Waals surface area contributed by atoms with Crippen molar-refractivity contribution in [1.29, 1.82) is 0 Å². The zero-order valence-corrected chi connectivity index (χ0v) is 17.9. The monoisotopic (exact) mass is 441 g/mol. The summed E-state index contributed by atoms with van der Waals surface area (Å²) in [4.78, 5) is 55.2. The van der Waals surface area contributed by atoms with Crippen LogP contribution in [0.15, 0.2) is 30.5 Å². The summed E-state index contributed by atoms with van der Waals surface area (Å²) in [5.74, 6) is -1.84. The number of nitrogens with one attached hydrogen (secondary N) is 1. The van der Waals surface area contributed by atoms with Gasteiger partial charge in [-0.25, -0.2) is 15.0 Å². The highest BCUT2D eigenvalue weighted by atomic mass is 32.1. The molecule has 0 unspecified atom stereocenters. The van der Waals surface area contributed by atoms with E-state index in [1.165, 1.54) is 16.2 Å². The summed E-state index contributed by atoms with van der Waals surface area (Å²) >= 11 is 1.16. The Bertz CT molecular complexity index is 1050. The number of carbonyl (C=O) groups excluding carboxylic acids is 4. The minimum Gasteiger partial charge on any atom is -0.365 e. The number of carbonyl (C=O) groups is 4. The van der Waals surface area contributed by atoms with Gasteiger partial charge in [-0.3, -0.25) is 19.2 Å². The number of thiazole rings is 1. The molecule has 1 saturated heterocycles. The number of nitrogens with two attached hydrogens (primary N) is 1. The summed E-state index contributed by atoms with van der Waals surface area (Å²) in [6.45, 7) is 2.79. The Labute approximate surface area is 183 Å². The number of nitrogens with zero attached hydrogens (tertiary/aromatic N) is 3. The maximum Gasteiger partial charge on any atom is 0.272 e. The molecule has 0 saturated carbocycles. The predicted octanol–water partition coefficient (Wildman–Crippen LogP) is 1.27. The van der Waals surface area contributed by atoms with Crippen LogP contribution in [0.2, 0.25) is 0 Å². The molecule has 0 radical (unpaired) electrons. The topological polar surface area (TPSA) is 126 Å². The van der Waals surface area contributed by atoms with Gasteiger partial charge in [0, 0.05) is 31.0 Å². The van der Waals surface area contributed by atoms with Crippen LogP contribution in [-0.4, -0.2) is 51.7 Å². The summed E-state index contributed by atoms with van der Waals surface area (Å²) in [6, 6.07) is 5.95. The lowest BCUT2D eigenvalue weighted by molar-refractivity contribution is -0.144.